The third-order valence-corrected chi connectivity index (χ3v) is 4.10. The van der Waals surface area contributed by atoms with Crippen molar-refractivity contribution in [3.8, 4) is 11.3 Å². The molecule has 1 fully saturated rings. The molecule has 1 saturated heterocycles. The van der Waals surface area contributed by atoms with Crippen LogP contribution in [0.2, 0.25) is 0 Å². The van der Waals surface area contributed by atoms with E-state index >= 15 is 0 Å². The first-order valence-electron chi connectivity index (χ1n) is 7.33. The van der Waals surface area contributed by atoms with Crippen LogP contribution in [0.1, 0.15) is 18.4 Å². The van der Waals surface area contributed by atoms with Gasteiger partial charge in [0.15, 0.2) is 0 Å². The normalized spacial score (nSPS) is 23.3. The van der Waals surface area contributed by atoms with Crippen molar-refractivity contribution in [2.24, 2.45) is 0 Å². The zero-order chi connectivity index (χ0) is 14.7. The highest BCUT2D eigenvalue weighted by Crippen LogP contribution is 2.25. The number of aromatic nitrogens is 2. The van der Waals surface area contributed by atoms with E-state index in [0.717, 1.165) is 36.3 Å². The Bertz CT molecular complexity index is 584. The van der Waals surface area contributed by atoms with Gasteiger partial charge in [-0.25, -0.2) is 0 Å². The summed E-state index contributed by atoms with van der Waals surface area (Å²) >= 11 is 0. The van der Waals surface area contributed by atoms with Crippen molar-refractivity contribution < 1.29 is 10.2 Å². The van der Waals surface area contributed by atoms with Gasteiger partial charge >= 0.3 is 0 Å². The van der Waals surface area contributed by atoms with Crippen LogP contribution in [-0.4, -0.2) is 50.6 Å². The highest BCUT2D eigenvalue weighted by atomic mass is 16.3. The van der Waals surface area contributed by atoms with E-state index in [1.807, 2.05) is 24.4 Å². The van der Waals surface area contributed by atoms with E-state index < -0.39 is 5.60 Å². The van der Waals surface area contributed by atoms with Gasteiger partial charge < -0.3 is 10.2 Å². The lowest BCUT2D eigenvalue weighted by molar-refractivity contribution is -0.0686. The maximum absolute atomic E-state index is 10.3. The Morgan fingerprint density at radius 1 is 1.29 bits per heavy atom. The summed E-state index contributed by atoms with van der Waals surface area (Å²) in [5.41, 5.74) is 2.28. The SMILES string of the molecule is OCC1(O)CCCN(Cc2cn[nH]c2-c2ccccc2)C1. The topological polar surface area (TPSA) is 72.4 Å². The molecule has 1 aliphatic rings. The Hall–Kier alpha value is -1.69. The molecule has 0 bridgehead atoms. The average molecular weight is 287 g/mol. The summed E-state index contributed by atoms with van der Waals surface area (Å²) in [7, 11) is 0. The van der Waals surface area contributed by atoms with Crippen LogP contribution < -0.4 is 0 Å². The summed E-state index contributed by atoms with van der Waals surface area (Å²) in [5, 5.41) is 26.8. The quantitative estimate of drug-likeness (QED) is 0.795. The fourth-order valence-electron chi connectivity index (χ4n) is 3.00. The van der Waals surface area contributed by atoms with Crippen LogP contribution >= 0.6 is 0 Å². The largest absolute Gasteiger partial charge is 0.393 e. The molecule has 21 heavy (non-hydrogen) atoms. The molecule has 1 aromatic heterocycles. The summed E-state index contributed by atoms with van der Waals surface area (Å²) < 4.78 is 0. The van der Waals surface area contributed by atoms with Gasteiger partial charge in [0.1, 0.15) is 5.60 Å². The maximum Gasteiger partial charge on any atom is 0.100 e. The van der Waals surface area contributed by atoms with Gasteiger partial charge in [0.2, 0.25) is 0 Å². The maximum atomic E-state index is 10.3. The van der Waals surface area contributed by atoms with Gasteiger partial charge in [0.05, 0.1) is 18.5 Å². The molecule has 0 spiro atoms. The lowest BCUT2D eigenvalue weighted by Gasteiger charge is -2.38. The first kappa shape index (κ1) is 14.3. The summed E-state index contributed by atoms with van der Waals surface area (Å²) in [4.78, 5) is 2.18. The summed E-state index contributed by atoms with van der Waals surface area (Å²) in [5.74, 6) is 0. The van der Waals surface area contributed by atoms with Gasteiger partial charge in [0.25, 0.3) is 0 Å². The second-order valence-electron chi connectivity index (χ2n) is 5.83. The number of hydrogen-bond acceptors (Lipinski definition) is 4. The molecule has 1 atom stereocenters. The minimum Gasteiger partial charge on any atom is -0.393 e. The Morgan fingerprint density at radius 3 is 2.86 bits per heavy atom. The third-order valence-electron chi connectivity index (χ3n) is 4.10. The number of likely N-dealkylation sites (tertiary alicyclic amines) is 1. The predicted molar refractivity (Wildman–Crippen MR) is 80.6 cm³/mol. The predicted octanol–water partition coefficient (Wildman–Crippen LogP) is 1.40. The highest BCUT2D eigenvalue weighted by Gasteiger charge is 2.32. The molecule has 0 saturated carbocycles. The van der Waals surface area contributed by atoms with Crippen molar-refractivity contribution in [2.45, 2.75) is 25.0 Å². The summed E-state index contributed by atoms with van der Waals surface area (Å²) in [6.07, 6.45) is 3.40. The molecule has 3 N–H and O–H groups in total. The van der Waals surface area contributed by atoms with Crippen LogP contribution in [0, 0.1) is 0 Å². The summed E-state index contributed by atoms with van der Waals surface area (Å²) in [6, 6.07) is 10.1. The van der Waals surface area contributed by atoms with Crippen LogP contribution in [0.3, 0.4) is 0 Å². The van der Waals surface area contributed by atoms with Crippen LogP contribution in [0.4, 0.5) is 0 Å². The molecule has 3 rings (SSSR count). The van der Waals surface area contributed by atoms with Crippen LogP contribution in [0.15, 0.2) is 36.5 Å². The minimum absolute atomic E-state index is 0.180. The molecular formula is C16H21N3O2. The van der Waals surface area contributed by atoms with Gasteiger partial charge in [-0.05, 0) is 24.9 Å². The summed E-state index contributed by atoms with van der Waals surface area (Å²) in [6.45, 7) is 1.98. The van der Waals surface area contributed by atoms with E-state index in [2.05, 4.69) is 27.2 Å². The van der Waals surface area contributed by atoms with Gasteiger partial charge in [0, 0.05) is 18.7 Å². The number of benzene rings is 1. The molecule has 1 aromatic carbocycles. The molecule has 2 aromatic rings. The first-order valence-corrected chi connectivity index (χ1v) is 7.33. The molecule has 0 amide bonds. The Labute approximate surface area is 124 Å². The average Bonchev–Trinajstić information content (AvgIpc) is 2.96. The molecule has 0 radical (unpaired) electrons. The standard InChI is InChI=1S/C16H21N3O2/c20-12-16(21)7-4-8-19(11-16)10-14-9-17-18-15(14)13-5-2-1-3-6-13/h1-3,5-6,9,20-21H,4,7-8,10-12H2,(H,17,18). The lowest BCUT2D eigenvalue weighted by atomic mass is 9.93. The third kappa shape index (κ3) is 3.15. The molecule has 1 unspecified atom stereocenters. The molecule has 2 heterocycles. The number of H-pyrrole nitrogens is 1. The molecule has 5 heteroatoms. The lowest BCUT2D eigenvalue weighted by Crippen LogP contribution is -2.50. The number of piperidine rings is 1. The van der Waals surface area contributed by atoms with Gasteiger partial charge in [-0.1, -0.05) is 30.3 Å². The van der Waals surface area contributed by atoms with Crippen molar-refractivity contribution in [1.82, 2.24) is 15.1 Å². The van der Waals surface area contributed by atoms with Crippen LogP contribution in [-0.2, 0) is 6.54 Å². The monoisotopic (exact) mass is 287 g/mol. The highest BCUT2D eigenvalue weighted by molar-refractivity contribution is 5.62. The fourth-order valence-corrected chi connectivity index (χ4v) is 3.00. The molecule has 0 aliphatic carbocycles. The van der Waals surface area contributed by atoms with Gasteiger partial charge in [-0.15, -0.1) is 0 Å². The molecule has 112 valence electrons. The molecular weight excluding hydrogens is 266 g/mol. The fraction of sp³-hybridized carbons (Fsp3) is 0.438. The Morgan fingerprint density at radius 2 is 2.10 bits per heavy atom. The van der Waals surface area contributed by atoms with E-state index in [9.17, 15) is 10.2 Å². The second kappa shape index (κ2) is 5.97. The minimum atomic E-state index is -0.963. The smallest absolute Gasteiger partial charge is 0.100 e. The Balaban J connectivity index is 1.76. The van der Waals surface area contributed by atoms with Crippen molar-refractivity contribution in [3.05, 3.63) is 42.1 Å². The Kier molecular flexibility index (Phi) is 4.05. The van der Waals surface area contributed by atoms with Crippen LogP contribution in [0.5, 0.6) is 0 Å². The number of hydrogen-bond donors (Lipinski definition) is 3. The van der Waals surface area contributed by atoms with Crippen molar-refractivity contribution in [3.63, 3.8) is 0 Å². The number of nitrogens with zero attached hydrogens (tertiary/aromatic N) is 2. The molecule has 1 aliphatic heterocycles. The van der Waals surface area contributed by atoms with Crippen LogP contribution in [0.25, 0.3) is 11.3 Å². The van der Waals surface area contributed by atoms with Gasteiger partial charge in [-0.2, -0.15) is 5.10 Å². The zero-order valence-corrected chi connectivity index (χ0v) is 12.0. The number of rotatable bonds is 4. The van der Waals surface area contributed by atoms with Crippen molar-refractivity contribution in [2.75, 3.05) is 19.7 Å². The van der Waals surface area contributed by atoms with E-state index in [0.29, 0.717) is 13.0 Å². The van der Waals surface area contributed by atoms with Crippen molar-refractivity contribution in [1.29, 1.82) is 0 Å². The molecule has 5 nitrogen and oxygen atoms in total. The van der Waals surface area contributed by atoms with Gasteiger partial charge in [-0.3, -0.25) is 10.00 Å². The zero-order valence-electron chi connectivity index (χ0n) is 12.0. The first-order chi connectivity index (χ1) is 10.2. The second-order valence-corrected chi connectivity index (χ2v) is 5.83. The number of β-amino-alcohol motifs (C(OH)–C–C–N with tert-alkyl or cyclic N) is 1. The number of nitrogens with one attached hydrogen (secondary N) is 1. The van der Waals surface area contributed by atoms with E-state index in [-0.39, 0.29) is 6.61 Å². The van der Waals surface area contributed by atoms with E-state index in [4.69, 9.17) is 0 Å². The number of aliphatic hydroxyl groups is 2. The van der Waals surface area contributed by atoms with E-state index in [1.54, 1.807) is 0 Å². The number of aliphatic hydroxyl groups excluding tert-OH is 1. The number of aromatic amines is 1. The van der Waals surface area contributed by atoms with E-state index in [1.165, 1.54) is 0 Å². The van der Waals surface area contributed by atoms with Crippen molar-refractivity contribution >= 4 is 0 Å².